The minimum atomic E-state index is -4.23. The highest BCUT2D eigenvalue weighted by molar-refractivity contribution is 7.50. The molecule has 3 aromatic rings. The maximum Gasteiger partial charge on any atom is 0.329 e. The van der Waals surface area contributed by atoms with Crippen LogP contribution in [0.5, 0.6) is 0 Å². The SMILES string of the molecule is O=C(N[C@H]1CCC[C@H]2CC[C@@H](C(=O)N3CC(c4cnccc4N4CCCC4=O)C3)N2C1=O)c1cc2cc(CP(=O)(O)O)ccc2s1. The highest BCUT2D eigenvalue weighted by Gasteiger charge is 2.48. The lowest BCUT2D eigenvalue weighted by atomic mass is 9.90. The topological polar surface area (TPSA) is 160 Å². The molecule has 3 N–H and O–H groups in total. The number of nitrogens with zero attached hydrogens (tertiary/aromatic N) is 4. The van der Waals surface area contributed by atoms with Gasteiger partial charge in [-0.15, -0.1) is 11.3 Å². The lowest BCUT2D eigenvalue weighted by Gasteiger charge is -2.43. The first kappa shape index (κ1) is 31.0. The number of likely N-dealkylation sites (tertiary alicyclic amines) is 1. The van der Waals surface area contributed by atoms with Gasteiger partial charge in [0, 0.05) is 60.7 Å². The molecule has 4 saturated heterocycles. The molecule has 3 atom stereocenters. The molecule has 4 amide bonds. The summed E-state index contributed by atoms with van der Waals surface area (Å²) in [5, 5.41) is 3.63. The molecule has 14 heteroatoms. The second kappa shape index (κ2) is 12.2. The zero-order valence-corrected chi connectivity index (χ0v) is 26.9. The average molecular weight is 666 g/mol. The van der Waals surface area contributed by atoms with Crippen molar-refractivity contribution in [3.8, 4) is 0 Å². The zero-order chi connectivity index (χ0) is 32.2. The number of thiophene rings is 1. The van der Waals surface area contributed by atoms with Gasteiger partial charge in [0.25, 0.3) is 5.91 Å². The first-order valence-electron chi connectivity index (χ1n) is 15.8. The Morgan fingerprint density at radius 1 is 1.04 bits per heavy atom. The van der Waals surface area contributed by atoms with E-state index in [4.69, 9.17) is 0 Å². The molecule has 0 spiro atoms. The number of amides is 4. The third-order valence-corrected chi connectivity index (χ3v) is 11.6. The van der Waals surface area contributed by atoms with Gasteiger partial charge in [0.05, 0.1) is 16.7 Å². The van der Waals surface area contributed by atoms with Gasteiger partial charge in [0.2, 0.25) is 17.7 Å². The van der Waals surface area contributed by atoms with E-state index >= 15 is 0 Å². The number of nitrogens with one attached hydrogen (secondary N) is 1. The largest absolute Gasteiger partial charge is 0.340 e. The van der Waals surface area contributed by atoms with Gasteiger partial charge in [-0.25, -0.2) is 0 Å². The summed E-state index contributed by atoms with van der Waals surface area (Å²) < 4.78 is 12.2. The van der Waals surface area contributed by atoms with Crippen molar-refractivity contribution in [1.29, 1.82) is 0 Å². The van der Waals surface area contributed by atoms with Gasteiger partial charge in [0.1, 0.15) is 12.1 Å². The van der Waals surface area contributed by atoms with E-state index < -0.39 is 19.7 Å². The fraction of sp³-hybridized carbons (Fsp3) is 0.469. The molecule has 46 heavy (non-hydrogen) atoms. The highest BCUT2D eigenvalue weighted by atomic mass is 32.1. The van der Waals surface area contributed by atoms with Crippen LogP contribution in [0, 0.1) is 0 Å². The number of carbonyl (C=O) groups is 4. The van der Waals surface area contributed by atoms with E-state index in [0.717, 1.165) is 41.6 Å². The lowest BCUT2D eigenvalue weighted by molar-refractivity contribution is -0.148. The maximum absolute atomic E-state index is 13.9. The molecule has 0 aliphatic carbocycles. The molecule has 4 aliphatic rings. The summed E-state index contributed by atoms with van der Waals surface area (Å²) in [4.78, 5) is 82.1. The van der Waals surface area contributed by atoms with Gasteiger partial charge in [-0.3, -0.25) is 28.7 Å². The Morgan fingerprint density at radius 3 is 2.63 bits per heavy atom. The number of anilines is 1. The number of benzene rings is 1. The summed E-state index contributed by atoms with van der Waals surface area (Å²) in [5.74, 6) is -0.503. The predicted octanol–water partition coefficient (Wildman–Crippen LogP) is 3.37. The predicted molar refractivity (Wildman–Crippen MR) is 171 cm³/mol. The number of rotatable bonds is 7. The first-order valence-corrected chi connectivity index (χ1v) is 18.4. The lowest BCUT2D eigenvalue weighted by Crippen LogP contribution is -2.58. The Morgan fingerprint density at radius 2 is 1.87 bits per heavy atom. The van der Waals surface area contributed by atoms with Crippen molar-refractivity contribution >= 4 is 58.3 Å². The number of pyridine rings is 1. The average Bonchev–Trinajstić information content (AvgIpc) is 3.71. The van der Waals surface area contributed by atoms with Gasteiger partial charge >= 0.3 is 7.60 Å². The quantitative estimate of drug-likeness (QED) is 0.324. The van der Waals surface area contributed by atoms with Crippen molar-refractivity contribution in [2.24, 2.45) is 0 Å². The van der Waals surface area contributed by atoms with Crippen LogP contribution in [0.1, 0.15) is 71.7 Å². The van der Waals surface area contributed by atoms with Crippen molar-refractivity contribution < 1.29 is 33.5 Å². The van der Waals surface area contributed by atoms with Crippen molar-refractivity contribution in [3.05, 3.63) is 58.7 Å². The molecule has 0 unspecified atom stereocenters. The van der Waals surface area contributed by atoms with Gasteiger partial charge in [-0.05, 0) is 73.7 Å². The van der Waals surface area contributed by atoms with Crippen LogP contribution in [0.4, 0.5) is 5.69 Å². The molecule has 0 saturated carbocycles. The fourth-order valence-electron chi connectivity index (χ4n) is 7.44. The third kappa shape index (κ3) is 5.97. The van der Waals surface area contributed by atoms with Gasteiger partial charge in [-0.1, -0.05) is 6.07 Å². The van der Waals surface area contributed by atoms with E-state index in [-0.39, 0.29) is 41.8 Å². The van der Waals surface area contributed by atoms with E-state index in [0.29, 0.717) is 54.7 Å². The van der Waals surface area contributed by atoms with Crippen molar-refractivity contribution in [1.82, 2.24) is 20.1 Å². The van der Waals surface area contributed by atoms with Gasteiger partial charge < -0.3 is 29.8 Å². The van der Waals surface area contributed by atoms with Gasteiger partial charge in [-0.2, -0.15) is 0 Å². The molecule has 242 valence electrons. The summed E-state index contributed by atoms with van der Waals surface area (Å²) in [6.45, 7) is 1.70. The van der Waals surface area contributed by atoms with E-state index in [2.05, 4.69) is 10.3 Å². The Labute approximate surface area is 269 Å². The Hall–Kier alpha value is -3.64. The molecule has 0 bridgehead atoms. The van der Waals surface area contributed by atoms with E-state index in [9.17, 15) is 33.5 Å². The first-order chi connectivity index (χ1) is 22.1. The third-order valence-electron chi connectivity index (χ3n) is 9.69. The number of carbonyl (C=O) groups excluding carboxylic acids is 4. The van der Waals surface area contributed by atoms with E-state index in [1.165, 1.54) is 11.3 Å². The maximum atomic E-state index is 13.9. The van der Waals surface area contributed by atoms with Crippen LogP contribution in [0.15, 0.2) is 42.7 Å². The molecule has 4 fully saturated rings. The second-order valence-electron chi connectivity index (χ2n) is 12.8. The second-order valence-corrected chi connectivity index (χ2v) is 15.5. The van der Waals surface area contributed by atoms with E-state index in [1.54, 1.807) is 46.5 Å². The van der Waals surface area contributed by atoms with Crippen LogP contribution in [-0.2, 0) is 25.1 Å². The summed E-state index contributed by atoms with van der Waals surface area (Å²) >= 11 is 1.26. The molecular weight excluding hydrogens is 629 g/mol. The molecular formula is C32H36N5O7PS. The molecule has 2 aromatic heterocycles. The molecule has 7 rings (SSSR count). The Balaban J connectivity index is 1.02. The van der Waals surface area contributed by atoms with Crippen molar-refractivity contribution in [3.63, 3.8) is 0 Å². The molecule has 0 radical (unpaired) electrons. The molecule has 6 heterocycles. The van der Waals surface area contributed by atoms with Crippen LogP contribution >= 0.6 is 18.9 Å². The zero-order valence-electron chi connectivity index (χ0n) is 25.2. The number of aromatic nitrogens is 1. The van der Waals surface area contributed by atoms with Crippen LogP contribution < -0.4 is 10.2 Å². The minimum absolute atomic E-state index is 0.0386. The van der Waals surface area contributed by atoms with Gasteiger partial charge in [0.15, 0.2) is 0 Å². The summed E-state index contributed by atoms with van der Waals surface area (Å²) in [6.07, 6.45) is 7.83. The molecule has 1 aromatic carbocycles. The molecule has 4 aliphatic heterocycles. The normalized spacial score (nSPS) is 23.9. The monoisotopic (exact) mass is 665 g/mol. The van der Waals surface area contributed by atoms with Crippen LogP contribution in [-0.4, -0.2) is 86.0 Å². The Kier molecular flexibility index (Phi) is 8.21. The highest BCUT2D eigenvalue weighted by Crippen LogP contribution is 2.41. The van der Waals surface area contributed by atoms with Crippen molar-refractivity contribution in [2.45, 2.75) is 75.2 Å². The summed E-state index contributed by atoms with van der Waals surface area (Å²) in [7, 11) is -4.23. The van der Waals surface area contributed by atoms with Crippen LogP contribution in [0.3, 0.4) is 0 Å². The summed E-state index contributed by atoms with van der Waals surface area (Å²) in [6, 6.07) is 7.25. The van der Waals surface area contributed by atoms with Crippen LogP contribution in [0.25, 0.3) is 10.1 Å². The smallest absolute Gasteiger partial charge is 0.329 e. The van der Waals surface area contributed by atoms with E-state index in [1.807, 2.05) is 11.0 Å². The van der Waals surface area contributed by atoms with Crippen LogP contribution in [0.2, 0.25) is 0 Å². The molecule has 12 nitrogen and oxygen atoms in total. The number of hydrogen-bond acceptors (Lipinski definition) is 7. The number of fused-ring (bicyclic) bond motifs is 2. The fourth-order valence-corrected chi connectivity index (χ4v) is 9.05. The number of hydrogen-bond donors (Lipinski definition) is 3. The minimum Gasteiger partial charge on any atom is -0.340 e. The standard InChI is InChI=1S/C32H36N5O7PS/c38-29-5-2-12-36(29)25-10-11-33-15-23(25)21-16-35(17-21)32(41)26-8-7-22-3-1-4-24(31(40)37(22)26)34-30(39)28-14-20-13-19(18-45(42,43)44)6-9-27(20)46-28/h6,9-11,13-15,21-22,24,26H,1-5,7-8,12,16-18H2,(H,34,39)(H2,42,43,44)/t22-,24-,26-/m0/s1. The summed E-state index contributed by atoms with van der Waals surface area (Å²) in [5.41, 5.74) is 2.33. The van der Waals surface area contributed by atoms with Crippen molar-refractivity contribution in [2.75, 3.05) is 24.5 Å². The Bertz CT molecular complexity index is 1770.